The van der Waals surface area contributed by atoms with Gasteiger partial charge in [0, 0.05) is 19.3 Å². The molecule has 0 aliphatic carbocycles. The van der Waals surface area contributed by atoms with Gasteiger partial charge in [-0.15, -0.1) is 0 Å². The van der Waals surface area contributed by atoms with Crippen LogP contribution in [0.1, 0.15) is 258 Å². The maximum absolute atomic E-state index is 12.7. The Labute approximate surface area is 407 Å². The zero-order valence-corrected chi connectivity index (χ0v) is 43.2. The van der Waals surface area contributed by atoms with Crippen molar-refractivity contribution in [3.63, 3.8) is 0 Å². The van der Waals surface area contributed by atoms with Crippen LogP contribution in [0, 0.1) is 0 Å². The van der Waals surface area contributed by atoms with Crippen LogP contribution in [-0.2, 0) is 28.6 Å². The summed E-state index contributed by atoms with van der Waals surface area (Å²) in [5, 5.41) is 0. The van der Waals surface area contributed by atoms with Crippen LogP contribution < -0.4 is 0 Å². The van der Waals surface area contributed by atoms with E-state index >= 15 is 0 Å². The van der Waals surface area contributed by atoms with E-state index in [0.717, 1.165) is 116 Å². The number of esters is 3. The second-order valence-corrected chi connectivity index (χ2v) is 18.1. The molecule has 0 rings (SSSR count). The molecule has 0 spiro atoms. The van der Waals surface area contributed by atoms with Crippen molar-refractivity contribution in [1.29, 1.82) is 0 Å². The Morgan fingerprint density at radius 1 is 0.318 bits per heavy atom. The number of rotatable bonds is 49. The Hall–Kier alpha value is -3.41. The molecular weight excluding hydrogens is 817 g/mol. The van der Waals surface area contributed by atoms with Gasteiger partial charge in [0.25, 0.3) is 0 Å². The van der Waals surface area contributed by atoms with Crippen molar-refractivity contribution >= 4 is 17.9 Å². The van der Waals surface area contributed by atoms with Crippen molar-refractivity contribution in [3.8, 4) is 0 Å². The van der Waals surface area contributed by atoms with Gasteiger partial charge < -0.3 is 14.2 Å². The predicted octanol–water partition coefficient (Wildman–Crippen LogP) is 18.4. The van der Waals surface area contributed by atoms with Crippen molar-refractivity contribution in [2.24, 2.45) is 0 Å². The van der Waals surface area contributed by atoms with E-state index in [4.69, 9.17) is 14.2 Å². The van der Waals surface area contributed by atoms with Gasteiger partial charge in [0.15, 0.2) is 6.10 Å². The molecule has 0 saturated heterocycles. The lowest BCUT2D eigenvalue weighted by atomic mass is 10.1. The van der Waals surface area contributed by atoms with Crippen LogP contribution in [0.5, 0.6) is 0 Å². The quantitative estimate of drug-likeness (QED) is 0.0262. The van der Waals surface area contributed by atoms with Crippen LogP contribution in [0.3, 0.4) is 0 Å². The zero-order valence-electron chi connectivity index (χ0n) is 43.2. The fourth-order valence-corrected chi connectivity index (χ4v) is 7.50. The molecule has 0 bridgehead atoms. The molecule has 0 aliphatic heterocycles. The third-order valence-electron chi connectivity index (χ3n) is 11.6. The molecule has 6 nitrogen and oxygen atoms in total. The maximum Gasteiger partial charge on any atom is 0.306 e. The molecule has 0 saturated carbocycles. The lowest BCUT2D eigenvalue weighted by molar-refractivity contribution is -0.167. The largest absolute Gasteiger partial charge is 0.462 e. The topological polar surface area (TPSA) is 78.9 Å². The van der Waals surface area contributed by atoms with Crippen molar-refractivity contribution < 1.29 is 28.6 Å². The molecule has 0 heterocycles. The van der Waals surface area contributed by atoms with Crippen molar-refractivity contribution in [2.75, 3.05) is 13.2 Å². The number of carbonyl (C=O) groups excluding carboxylic acids is 3. The summed E-state index contributed by atoms with van der Waals surface area (Å²) in [6.45, 7) is 6.42. The van der Waals surface area contributed by atoms with Crippen LogP contribution in [0.2, 0.25) is 0 Å². The number of unbranched alkanes of at least 4 members (excludes halogenated alkanes) is 24. The molecule has 0 aromatic carbocycles. The molecule has 0 aliphatic rings. The molecule has 1 unspecified atom stereocenters. The Morgan fingerprint density at radius 2 is 0.591 bits per heavy atom. The number of carbonyl (C=O) groups is 3. The summed E-state index contributed by atoms with van der Waals surface area (Å²) in [5.41, 5.74) is 0. The minimum absolute atomic E-state index is 0.0808. The number of ether oxygens (including phenoxy) is 3. The molecule has 0 N–H and O–H groups in total. The highest BCUT2D eigenvalue weighted by molar-refractivity contribution is 5.71. The Bertz CT molecular complexity index is 1290. The molecular formula is C60H102O6. The molecule has 0 amide bonds. The summed E-state index contributed by atoms with van der Waals surface area (Å²) in [4.78, 5) is 37.7. The first-order valence-electron chi connectivity index (χ1n) is 27.6. The van der Waals surface area contributed by atoms with E-state index in [9.17, 15) is 14.4 Å². The molecule has 0 aromatic rings. The van der Waals surface area contributed by atoms with Gasteiger partial charge in [-0.3, -0.25) is 14.4 Å². The van der Waals surface area contributed by atoms with Gasteiger partial charge in [0.2, 0.25) is 0 Å². The van der Waals surface area contributed by atoms with Crippen molar-refractivity contribution in [1.82, 2.24) is 0 Å². The SMILES string of the molecule is CC/C=C\C/C=C\C/C=C\C/C=C\C/C=C\C/C=C\CCCCCCCCCCCCC(=O)OCC(COC(=O)CCCCCCC)OC(=O)CCCCCCC/C=C\CCCCCCC. The van der Waals surface area contributed by atoms with Gasteiger partial charge in [-0.1, -0.05) is 228 Å². The molecule has 66 heavy (non-hydrogen) atoms. The van der Waals surface area contributed by atoms with E-state index in [1.54, 1.807) is 0 Å². The Morgan fingerprint density at radius 3 is 0.939 bits per heavy atom. The summed E-state index contributed by atoms with van der Waals surface area (Å²) in [7, 11) is 0. The van der Waals surface area contributed by atoms with E-state index in [0.29, 0.717) is 19.3 Å². The molecule has 0 aromatic heterocycles. The first-order chi connectivity index (χ1) is 32.5. The normalized spacial score (nSPS) is 12.7. The summed E-state index contributed by atoms with van der Waals surface area (Å²) in [6.07, 6.45) is 70.5. The van der Waals surface area contributed by atoms with Gasteiger partial charge in [-0.05, 0) is 96.3 Å². The fourth-order valence-electron chi connectivity index (χ4n) is 7.50. The standard InChI is InChI=1S/C60H102O6/c1-4-7-10-13-15-17-19-21-23-24-25-26-27-28-29-30-31-32-33-34-35-36-37-39-40-42-44-47-50-53-59(62)65-56-57(55-64-58(61)52-49-46-12-9-6-3)66-60(63)54-51-48-45-43-41-38-22-20-18-16-14-11-8-5-2/h7,10,15,17,20-23,25-26,28-29,31-32,57H,4-6,8-9,11-14,16,18-19,24,27,30,33-56H2,1-3H3/b10-7-,17-15-,22-20-,23-21-,26-25-,29-28-,32-31-. The van der Waals surface area contributed by atoms with E-state index < -0.39 is 6.10 Å². The first kappa shape index (κ1) is 62.6. The van der Waals surface area contributed by atoms with E-state index in [1.807, 2.05) is 0 Å². The summed E-state index contributed by atoms with van der Waals surface area (Å²) in [5.74, 6) is -0.906. The van der Waals surface area contributed by atoms with Gasteiger partial charge in [-0.2, -0.15) is 0 Å². The van der Waals surface area contributed by atoms with Crippen LogP contribution in [-0.4, -0.2) is 37.2 Å². The predicted molar refractivity (Wildman–Crippen MR) is 284 cm³/mol. The second kappa shape index (κ2) is 54.2. The lowest BCUT2D eigenvalue weighted by Gasteiger charge is -2.18. The molecule has 378 valence electrons. The maximum atomic E-state index is 12.7. The minimum atomic E-state index is -0.777. The van der Waals surface area contributed by atoms with Crippen LogP contribution in [0.25, 0.3) is 0 Å². The van der Waals surface area contributed by atoms with Crippen molar-refractivity contribution in [2.45, 2.75) is 264 Å². The summed E-state index contributed by atoms with van der Waals surface area (Å²) in [6, 6.07) is 0. The Kier molecular flexibility index (Phi) is 51.4. The summed E-state index contributed by atoms with van der Waals surface area (Å²) >= 11 is 0. The number of hydrogen-bond donors (Lipinski definition) is 0. The molecule has 0 radical (unpaired) electrons. The van der Waals surface area contributed by atoms with Crippen molar-refractivity contribution in [3.05, 3.63) is 85.1 Å². The van der Waals surface area contributed by atoms with E-state index in [1.165, 1.54) is 103 Å². The minimum Gasteiger partial charge on any atom is -0.462 e. The monoisotopic (exact) mass is 919 g/mol. The highest BCUT2D eigenvalue weighted by Crippen LogP contribution is 2.15. The second-order valence-electron chi connectivity index (χ2n) is 18.1. The fraction of sp³-hybridized carbons (Fsp3) is 0.717. The number of allylic oxidation sites excluding steroid dienone is 14. The smallest absolute Gasteiger partial charge is 0.306 e. The average Bonchev–Trinajstić information content (AvgIpc) is 3.31. The van der Waals surface area contributed by atoms with Crippen LogP contribution >= 0.6 is 0 Å². The number of hydrogen-bond acceptors (Lipinski definition) is 6. The van der Waals surface area contributed by atoms with E-state index in [2.05, 4.69) is 106 Å². The molecule has 6 heteroatoms. The Balaban J connectivity index is 4.07. The van der Waals surface area contributed by atoms with Gasteiger partial charge >= 0.3 is 17.9 Å². The van der Waals surface area contributed by atoms with E-state index in [-0.39, 0.29) is 31.1 Å². The first-order valence-corrected chi connectivity index (χ1v) is 27.6. The van der Waals surface area contributed by atoms with Gasteiger partial charge in [0.1, 0.15) is 13.2 Å². The highest BCUT2D eigenvalue weighted by atomic mass is 16.6. The van der Waals surface area contributed by atoms with Crippen LogP contribution in [0.4, 0.5) is 0 Å². The zero-order chi connectivity index (χ0) is 47.9. The third-order valence-corrected chi connectivity index (χ3v) is 11.6. The molecule has 1 atom stereocenters. The van der Waals surface area contributed by atoms with Gasteiger partial charge in [-0.25, -0.2) is 0 Å². The average molecular weight is 919 g/mol. The third kappa shape index (κ3) is 51.6. The lowest BCUT2D eigenvalue weighted by Crippen LogP contribution is -2.30. The van der Waals surface area contributed by atoms with Gasteiger partial charge in [0.05, 0.1) is 0 Å². The molecule has 0 fully saturated rings. The van der Waals surface area contributed by atoms with Crippen LogP contribution in [0.15, 0.2) is 85.1 Å². The summed E-state index contributed by atoms with van der Waals surface area (Å²) < 4.78 is 16.7. The highest BCUT2D eigenvalue weighted by Gasteiger charge is 2.19.